The number of halogens is 1. The van der Waals surface area contributed by atoms with Crippen LogP contribution in [0.15, 0.2) is 71.1 Å². The molecule has 2 aliphatic heterocycles. The van der Waals surface area contributed by atoms with E-state index in [1.807, 2.05) is 0 Å². The average Bonchev–Trinajstić information content (AvgIpc) is 3.15. The van der Waals surface area contributed by atoms with Crippen LogP contribution < -0.4 is 24.2 Å². The maximum Gasteiger partial charge on any atom is 1.00 e. The number of nitrogens with one attached hydrogen (secondary N) is 1. The summed E-state index contributed by atoms with van der Waals surface area (Å²) in [5.41, 5.74) is 2.47. The molecule has 0 fully saturated rings. The number of imide groups is 1. The molecule has 2 amide bonds. The summed E-state index contributed by atoms with van der Waals surface area (Å²) in [6.07, 6.45) is 0. The Morgan fingerprint density at radius 1 is 0.975 bits per heavy atom. The van der Waals surface area contributed by atoms with Crippen molar-refractivity contribution in [2.75, 3.05) is 33.5 Å². The van der Waals surface area contributed by atoms with Crippen molar-refractivity contribution >= 4 is 35.4 Å². The molecule has 10 nitrogen and oxygen atoms in total. The van der Waals surface area contributed by atoms with E-state index in [-0.39, 0.29) is 73.7 Å². The molecule has 206 valence electrons. The normalized spacial score (nSPS) is 16.1. The van der Waals surface area contributed by atoms with Gasteiger partial charge in [0.05, 0.1) is 67.4 Å². The van der Waals surface area contributed by atoms with Crippen LogP contribution in [0.25, 0.3) is 0 Å². The molecule has 2 N–H and O–H groups in total. The van der Waals surface area contributed by atoms with Crippen LogP contribution in [0.3, 0.4) is 0 Å². The maximum absolute atomic E-state index is 13.2. The zero-order valence-corrected chi connectivity index (χ0v) is 23.4. The van der Waals surface area contributed by atoms with Gasteiger partial charge in [-0.25, -0.2) is 9.59 Å². The second-order valence-electron chi connectivity index (χ2n) is 8.58. The summed E-state index contributed by atoms with van der Waals surface area (Å²) >= 11 is 6.51. The molecule has 0 spiro atoms. The molecule has 0 bridgehead atoms. The summed E-state index contributed by atoms with van der Waals surface area (Å²) in [7, 11) is 1.26. The van der Waals surface area contributed by atoms with E-state index in [1.54, 1.807) is 62.4 Å². The third-order valence-electron chi connectivity index (χ3n) is 6.35. The van der Waals surface area contributed by atoms with Gasteiger partial charge in [0.2, 0.25) is 0 Å². The number of nitrogens with zero attached hydrogens (tertiary/aromatic N) is 1. The van der Waals surface area contributed by atoms with E-state index in [4.69, 9.17) is 25.8 Å². The zero-order chi connectivity index (χ0) is 27.4. The summed E-state index contributed by atoms with van der Waals surface area (Å²) in [6.45, 7) is 3.46. The number of fused-ring (bicyclic) bond motifs is 1. The number of ether oxygens (including phenoxy) is 3. The van der Waals surface area contributed by atoms with Crippen LogP contribution in [-0.2, 0) is 23.8 Å². The van der Waals surface area contributed by atoms with Gasteiger partial charge in [-0.15, -0.1) is 0 Å². The Morgan fingerprint density at radius 3 is 2.15 bits per heavy atom. The first-order valence-electron chi connectivity index (χ1n) is 12.0. The molecule has 0 aliphatic carbocycles. The number of amides is 2. The minimum Gasteiger partial charge on any atom is -0.870 e. The second-order valence-corrected chi connectivity index (χ2v) is 8.99. The monoisotopic (exact) mass is 562 g/mol. The fourth-order valence-electron chi connectivity index (χ4n) is 4.63. The molecule has 2 aromatic rings. The Bertz CT molecular complexity index is 1340. The first-order chi connectivity index (χ1) is 18.3. The van der Waals surface area contributed by atoms with Gasteiger partial charge in [0.1, 0.15) is 0 Å². The van der Waals surface area contributed by atoms with Gasteiger partial charge in [0.15, 0.2) is 0 Å². The van der Waals surface area contributed by atoms with Crippen LogP contribution in [0, 0.1) is 0 Å². The summed E-state index contributed by atoms with van der Waals surface area (Å²) in [5, 5.41) is 3.45. The number of carbonyl (C=O) groups excluding carboxylic acids is 4. The number of hydrogen-bond acceptors (Lipinski definition) is 9. The van der Waals surface area contributed by atoms with Gasteiger partial charge in [-0.2, -0.15) is 0 Å². The molecule has 2 aliphatic rings. The topological polar surface area (TPSA) is 141 Å². The Hall–Kier alpha value is -3.39. The van der Waals surface area contributed by atoms with Crippen LogP contribution in [-0.4, -0.2) is 67.6 Å². The number of allylic oxidation sites excluding steroid dienone is 1. The summed E-state index contributed by atoms with van der Waals surface area (Å²) in [6, 6.07) is 13.5. The average molecular weight is 563 g/mol. The van der Waals surface area contributed by atoms with Gasteiger partial charge in [0.25, 0.3) is 11.8 Å². The number of hydrogen-bond donors (Lipinski definition) is 1. The molecule has 2 heterocycles. The largest absolute Gasteiger partial charge is 1.00 e. The van der Waals surface area contributed by atoms with E-state index in [0.717, 1.165) is 4.90 Å². The SMILES string of the molecule is CCOC(=O)C1=C(COCCN2C(=O)c3ccccc3C2=O)NC(C)=C(C(=O)OC)C1c1ccccc1Cl.[Li+].[OH-]. The van der Waals surface area contributed by atoms with E-state index >= 15 is 0 Å². The van der Waals surface area contributed by atoms with Crippen LogP contribution in [0.4, 0.5) is 0 Å². The van der Waals surface area contributed by atoms with E-state index < -0.39 is 17.9 Å². The van der Waals surface area contributed by atoms with Crippen LogP contribution in [0.1, 0.15) is 46.0 Å². The van der Waals surface area contributed by atoms with Crippen molar-refractivity contribution < 1.29 is 57.7 Å². The third kappa shape index (κ3) is 6.33. The molecular weight excluding hydrogens is 535 g/mol. The molecule has 1 atom stereocenters. The molecule has 0 saturated carbocycles. The number of dihydropyridines is 1. The van der Waals surface area contributed by atoms with Crippen molar-refractivity contribution in [3.05, 3.63) is 92.8 Å². The van der Waals surface area contributed by atoms with Crippen molar-refractivity contribution in [2.24, 2.45) is 0 Å². The number of esters is 2. The first-order valence-corrected chi connectivity index (χ1v) is 12.4. The molecule has 0 saturated heterocycles. The second kappa shape index (κ2) is 14.3. The molecule has 4 rings (SSSR count). The van der Waals surface area contributed by atoms with Gasteiger partial charge in [0, 0.05) is 10.7 Å². The number of methoxy groups -OCH3 is 1. The summed E-state index contributed by atoms with van der Waals surface area (Å²) < 4.78 is 16.2. The first kappa shape index (κ1) is 32.8. The van der Waals surface area contributed by atoms with Crippen molar-refractivity contribution in [1.82, 2.24) is 10.2 Å². The maximum atomic E-state index is 13.2. The number of benzene rings is 2. The van der Waals surface area contributed by atoms with Crippen molar-refractivity contribution in [1.29, 1.82) is 0 Å². The Morgan fingerprint density at radius 2 is 1.57 bits per heavy atom. The minimum absolute atomic E-state index is 0. The van der Waals surface area contributed by atoms with Crippen LogP contribution >= 0.6 is 11.6 Å². The molecule has 12 heteroatoms. The quantitative estimate of drug-likeness (QED) is 0.199. The van der Waals surface area contributed by atoms with Gasteiger partial charge in [-0.05, 0) is 37.6 Å². The third-order valence-corrected chi connectivity index (χ3v) is 6.69. The van der Waals surface area contributed by atoms with E-state index in [1.165, 1.54) is 7.11 Å². The Labute approximate surface area is 248 Å². The van der Waals surface area contributed by atoms with Crippen molar-refractivity contribution in [3.63, 3.8) is 0 Å². The molecular formula is C28H28ClLiN2O8. The molecule has 0 aromatic heterocycles. The predicted molar refractivity (Wildman–Crippen MR) is 140 cm³/mol. The summed E-state index contributed by atoms with van der Waals surface area (Å²) in [4.78, 5) is 52.4. The van der Waals surface area contributed by atoms with Crippen LogP contribution in [0.5, 0.6) is 0 Å². The molecule has 2 aromatic carbocycles. The van der Waals surface area contributed by atoms with Gasteiger partial charge < -0.3 is 25.0 Å². The van der Waals surface area contributed by atoms with E-state index in [9.17, 15) is 19.2 Å². The Kier molecular flexibility index (Phi) is 11.7. The van der Waals surface area contributed by atoms with Crippen molar-refractivity contribution in [2.45, 2.75) is 19.8 Å². The number of rotatable bonds is 9. The molecule has 1 unspecified atom stereocenters. The van der Waals surface area contributed by atoms with Gasteiger partial charge >= 0.3 is 30.8 Å². The van der Waals surface area contributed by atoms with E-state index in [2.05, 4.69) is 5.32 Å². The standard InChI is InChI=1S/C28H27ClN2O7.Li.H2O/c1-4-38-28(35)24-21(15-37-14-13-31-25(32)17-9-5-6-10-18(17)26(31)33)30-16(2)22(27(34)36-3)23(24)19-11-7-8-12-20(19)29;;/h5-12,23,30H,4,13-15H2,1-3H3;;1H2/q;+1;/p-1. The molecule has 40 heavy (non-hydrogen) atoms. The van der Waals surface area contributed by atoms with Crippen LogP contribution in [0.2, 0.25) is 5.02 Å². The van der Waals surface area contributed by atoms with Gasteiger partial charge in [-0.3, -0.25) is 14.5 Å². The zero-order valence-electron chi connectivity index (χ0n) is 22.7. The smallest absolute Gasteiger partial charge is 0.870 e. The predicted octanol–water partition coefficient (Wildman–Crippen LogP) is 0.431. The summed E-state index contributed by atoms with van der Waals surface area (Å²) in [5.74, 6) is -2.88. The van der Waals surface area contributed by atoms with Gasteiger partial charge in [-0.1, -0.05) is 41.9 Å². The Balaban J connectivity index is 0.00000280. The fraction of sp³-hybridized carbons (Fsp3) is 0.286. The minimum atomic E-state index is -0.869. The number of carbonyl (C=O) groups is 4. The molecule has 0 radical (unpaired) electrons. The fourth-order valence-corrected chi connectivity index (χ4v) is 4.88. The van der Waals surface area contributed by atoms with Crippen molar-refractivity contribution in [3.8, 4) is 0 Å². The van der Waals surface area contributed by atoms with E-state index in [0.29, 0.717) is 33.1 Å².